The summed E-state index contributed by atoms with van der Waals surface area (Å²) in [5, 5.41) is 0. The number of nitrogens with zero attached hydrogens (tertiary/aromatic N) is 1. The lowest BCUT2D eigenvalue weighted by Gasteiger charge is -2.18. The number of rotatable bonds is 3. The number of hydrogen-bond donors (Lipinski definition) is 0. The highest BCUT2D eigenvalue weighted by Gasteiger charge is 2.19. The van der Waals surface area contributed by atoms with Gasteiger partial charge in [0.05, 0.1) is 0 Å². The van der Waals surface area contributed by atoms with Gasteiger partial charge >= 0.3 is 0 Å². The normalized spacial score (nSPS) is 11.0. The van der Waals surface area contributed by atoms with Gasteiger partial charge < -0.3 is 9.69 Å². The van der Waals surface area contributed by atoms with E-state index in [1.54, 1.807) is 26.2 Å². The minimum atomic E-state index is -0.500. The highest BCUT2D eigenvalue weighted by Crippen LogP contribution is 2.21. The molecular formula is C13H17NO2. The van der Waals surface area contributed by atoms with E-state index in [0.29, 0.717) is 5.56 Å². The van der Waals surface area contributed by atoms with E-state index in [1.165, 1.54) is 4.90 Å². The molecule has 0 fully saturated rings. The van der Waals surface area contributed by atoms with Gasteiger partial charge in [0, 0.05) is 25.1 Å². The molecule has 1 amide bonds. The molecule has 3 nitrogen and oxygen atoms in total. The predicted octanol–water partition coefficient (Wildman–Crippen LogP) is 1.86. The lowest BCUT2D eigenvalue weighted by molar-refractivity contribution is -0.111. The van der Waals surface area contributed by atoms with Crippen LogP contribution in [-0.4, -0.2) is 31.2 Å². The van der Waals surface area contributed by atoms with Crippen molar-refractivity contribution in [2.75, 3.05) is 14.1 Å². The van der Waals surface area contributed by atoms with Crippen molar-refractivity contribution >= 4 is 12.2 Å². The van der Waals surface area contributed by atoms with Gasteiger partial charge in [0.2, 0.25) is 0 Å². The number of carbonyl (C=O) groups is 2. The molecule has 0 aliphatic rings. The molecule has 1 aromatic carbocycles. The molecule has 0 unspecified atom stereocenters. The first kappa shape index (κ1) is 12.4. The van der Waals surface area contributed by atoms with E-state index in [-0.39, 0.29) is 5.91 Å². The molecular weight excluding hydrogens is 202 g/mol. The van der Waals surface area contributed by atoms with Crippen molar-refractivity contribution in [3.05, 3.63) is 35.4 Å². The van der Waals surface area contributed by atoms with Crippen molar-refractivity contribution < 1.29 is 9.59 Å². The van der Waals surface area contributed by atoms with Crippen LogP contribution in [0.25, 0.3) is 0 Å². The average molecular weight is 219 g/mol. The fraction of sp³-hybridized carbons (Fsp3) is 0.385. The maximum absolute atomic E-state index is 11.6. The minimum absolute atomic E-state index is 0.0320. The Bertz CT molecular complexity index is 391. The molecule has 0 aliphatic heterocycles. The van der Waals surface area contributed by atoms with Crippen molar-refractivity contribution in [3.63, 3.8) is 0 Å². The maximum Gasteiger partial charge on any atom is 0.253 e. The van der Waals surface area contributed by atoms with Crippen molar-refractivity contribution in [1.29, 1.82) is 0 Å². The van der Waals surface area contributed by atoms with E-state index >= 15 is 0 Å². The Morgan fingerprint density at radius 3 is 2.06 bits per heavy atom. The van der Waals surface area contributed by atoms with Gasteiger partial charge in [-0.25, -0.2) is 0 Å². The Morgan fingerprint density at radius 2 is 1.69 bits per heavy atom. The summed E-state index contributed by atoms with van der Waals surface area (Å²) in [5.41, 5.74) is 1.05. The molecule has 86 valence electrons. The van der Waals surface area contributed by atoms with Crippen molar-refractivity contribution in [1.82, 2.24) is 4.90 Å². The van der Waals surface area contributed by atoms with Crippen molar-refractivity contribution in [2.45, 2.75) is 19.3 Å². The molecule has 0 atom stereocenters. The van der Waals surface area contributed by atoms with E-state index in [2.05, 4.69) is 0 Å². The highest BCUT2D eigenvalue weighted by molar-refractivity contribution is 5.94. The van der Waals surface area contributed by atoms with Crippen molar-refractivity contribution in [3.8, 4) is 0 Å². The van der Waals surface area contributed by atoms with Crippen LogP contribution in [0, 0.1) is 0 Å². The summed E-state index contributed by atoms with van der Waals surface area (Å²) < 4.78 is 0. The van der Waals surface area contributed by atoms with Crippen LogP contribution in [-0.2, 0) is 10.2 Å². The molecule has 0 aliphatic carbocycles. The van der Waals surface area contributed by atoms with Crippen LogP contribution in [0.1, 0.15) is 29.8 Å². The fourth-order valence-corrected chi connectivity index (χ4v) is 1.37. The van der Waals surface area contributed by atoms with Gasteiger partial charge in [-0.05, 0) is 31.5 Å². The lowest BCUT2D eigenvalue weighted by Crippen LogP contribution is -2.22. The van der Waals surface area contributed by atoms with E-state index < -0.39 is 5.41 Å². The van der Waals surface area contributed by atoms with Gasteiger partial charge in [-0.15, -0.1) is 0 Å². The zero-order chi connectivity index (χ0) is 12.3. The second kappa shape index (κ2) is 4.47. The topological polar surface area (TPSA) is 37.4 Å². The minimum Gasteiger partial charge on any atom is -0.345 e. The number of hydrogen-bond acceptors (Lipinski definition) is 2. The summed E-state index contributed by atoms with van der Waals surface area (Å²) in [6, 6.07) is 7.15. The summed E-state index contributed by atoms with van der Waals surface area (Å²) in [6.45, 7) is 3.70. The summed E-state index contributed by atoms with van der Waals surface area (Å²) in [7, 11) is 3.43. The Balaban J connectivity index is 3.00. The fourth-order valence-electron chi connectivity index (χ4n) is 1.37. The zero-order valence-corrected chi connectivity index (χ0v) is 10.2. The number of benzene rings is 1. The zero-order valence-electron chi connectivity index (χ0n) is 10.2. The van der Waals surface area contributed by atoms with Crippen LogP contribution < -0.4 is 0 Å². The maximum atomic E-state index is 11.6. The number of aldehydes is 1. The Morgan fingerprint density at radius 1 is 1.19 bits per heavy atom. The van der Waals surface area contributed by atoms with E-state index in [9.17, 15) is 9.59 Å². The SMILES string of the molecule is CN(C)C(=O)c1ccc(C(C)(C)C=O)cc1. The van der Waals surface area contributed by atoms with Crippen LogP contribution in [0.2, 0.25) is 0 Å². The van der Waals surface area contributed by atoms with Crippen LogP contribution >= 0.6 is 0 Å². The van der Waals surface area contributed by atoms with E-state index in [0.717, 1.165) is 11.8 Å². The lowest BCUT2D eigenvalue weighted by atomic mass is 9.86. The molecule has 0 radical (unpaired) electrons. The van der Waals surface area contributed by atoms with Gasteiger partial charge in [0.25, 0.3) is 5.91 Å². The van der Waals surface area contributed by atoms with Crippen LogP contribution in [0.5, 0.6) is 0 Å². The molecule has 0 saturated carbocycles. The monoisotopic (exact) mass is 219 g/mol. The third-order valence-electron chi connectivity index (χ3n) is 2.58. The molecule has 1 aromatic rings. The molecule has 16 heavy (non-hydrogen) atoms. The Labute approximate surface area is 96.1 Å². The number of carbonyl (C=O) groups excluding carboxylic acids is 2. The van der Waals surface area contributed by atoms with Gasteiger partial charge in [-0.3, -0.25) is 4.79 Å². The van der Waals surface area contributed by atoms with Crippen molar-refractivity contribution in [2.24, 2.45) is 0 Å². The molecule has 0 bridgehead atoms. The predicted molar refractivity (Wildman–Crippen MR) is 63.5 cm³/mol. The first-order chi connectivity index (χ1) is 7.38. The smallest absolute Gasteiger partial charge is 0.253 e. The van der Waals surface area contributed by atoms with Gasteiger partial charge in [-0.1, -0.05) is 12.1 Å². The van der Waals surface area contributed by atoms with Crippen LogP contribution in [0.4, 0.5) is 0 Å². The third kappa shape index (κ3) is 2.48. The largest absolute Gasteiger partial charge is 0.345 e. The Hall–Kier alpha value is -1.64. The molecule has 0 heterocycles. The van der Waals surface area contributed by atoms with Gasteiger partial charge in [-0.2, -0.15) is 0 Å². The molecule has 3 heteroatoms. The summed E-state index contributed by atoms with van der Waals surface area (Å²) in [5.74, 6) is -0.0320. The molecule has 0 N–H and O–H groups in total. The van der Waals surface area contributed by atoms with Crippen LogP contribution in [0.3, 0.4) is 0 Å². The van der Waals surface area contributed by atoms with E-state index in [1.807, 2.05) is 26.0 Å². The summed E-state index contributed by atoms with van der Waals surface area (Å²) in [4.78, 5) is 24.0. The second-order valence-electron chi connectivity index (χ2n) is 4.62. The molecule has 0 spiro atoms. The molecule has 1 rings (SSSR count). The summed E-state index contributed by atoms with van der Waals surface area (Å²) >= 11 is 0. The van der Waals surface area contributed by atoms with Gasteiger partial charge in [0.1, 0.15) is 6.29 Å². The molecule has 0 aromatic heterocycles. The molecule has 0 saturated heterocycles. The standard InChI is InChI=1S/C13H17NO2/c1-13(2,9-15)11-7-5-10(6-8-11)12(16)14(3)4/h5-9H,1-4H3. The van der Waals surface area contributed by atoms with E-state index in [4.69, 9.17) is 0 Å². The Kier molecular flexibility index (Phi) is 3.48. The number of amides is 1. The summed E-state index contributed by atoms with van der Waals surface area (Å²) in [6.07, 6.45) is 0.912. The first-order valence-corrected chi connectivity index (χ1v) is 5.17. The van der Waals surface area contributed by atoms with Gasteiger partial charge in [0.15, 0.2) is 0 Å². The average Bonchev–Trinajstić information content (AvgIpc) is 2.28. The second-order valence-corrected chi connectivity index (χ2v) is 4.62. The quantitative estimate of drug-likeness (QED) is 0.728. The van der Waals surface area contributed by atoms with Crippen LogP contribution in [0.15, 0.2) is 24.3 Å². The highest BCUT2D eigenvalue weighted by atomic mass is 16.2. The first-order valence-electron chi connectivity index (χ1n) is 5.17. The third-order valence-corrected chi connectivity index (χ3v) is 2.58.